The average molecular weight is 607 g/mol. The standard InChI is InChI=1S/C40H78O3/c1-3-5-7-9-11-13-15-17-19-21-22-24-26-28-30-32-34-36-40(41)43-39-38-42-37-35-33-31-29-27-25-23-20-18-16-14-12-10-8-6-4-2/h18,20H,3-17,19,21-39H2,1-2H3/b20-18-. The number of hydrogen-bond donors (Lipinski definition) is 0. The van der Waals surface area contributed by atoms with E-state index in [0.717, 1.165) is 25.9 Å². The summed E-state index contributed by atoms with van der Waals surface area (Å²) in [5.74, 6) is -0.0539. The normalized spacial score (nSPS) is 11.6. The molecule has 0 heterocycles. The van der Waals surface area contributed by atoms with Crippen LogP contribution in [0.2, 0.25) is 0 Å². The molecule has 0 aliphatic heterocycles. The predicted molar refractivity (Wildman–Crippen MR) is 190 cm³/mol. The van der Waals surface area contributed by atoms with Crippen LogP contribution in [0.15, 0.2) is 12.2 Å². The largest absolute Gasteiger partial charge is 0.463 e. The van der Waals surface area contributed by atoms with Gasteiger partial charge in [0.2, 0.25) is 0 Å². The maximum Gasteiger partial charge on any atom is 0.305 e. The highest BCUT2D eigenvalue weighted by Crippen LogP contribution is 2.15. The molecular weight excluding hydrogens is 528 g/mol. The average Bonchev–Trinajstić information content (AvgIpc) is 3.01. The molecule has 0 aliphatic rings. The van der Waals surface area contributed by atoms with E-state index in [4.69, 9.17) is 9.47 Å². The van der Waals surface area contributed by atoms with E-state index >= 15 is 0 Å². The van der Waals surface area contributed by atoms with Crippen LogP contribution in [0, 0.1) is 0 Å². The lowest BCUT2D eigenvalue weighted by atomic mass is 10.0. The van der Waals surface area contributed by atoms with Gasteiger partial charge in [-0.3, -0.25) is 4.79 Å². The topological polar surface area (TPSA) is 35.5 Å². The van der Waals surface area contributed by atoms with Gasteiger partial charge >= 0.3 is 5.97 Å². The van der Waals surface area contributed by atoms with E-state index in [1.54, 1.807) is 0 Å². The zero-order valence-electron chi connectivity index (χ0n) is 29.6. The Morgan fingerprint density at radius 1 is 0.395 bits per heavy atom. The van der Waals surface area contributed by atoms with Crippen molar-refractivity contribution in [1.29, 1.82) is 0 Å². The zero-order chi connectivity index (χ0) is 31.2. The highest BCUT2D eigenvalue weighted by atomic mass is 16.6. The first-order valence-electron chi connectivity index (χ1n) is 19.7. The van der Waals surface area contributed by atoms with Gasteiger partial charge in [-0.1, -0.05) is 187 Å². The van der Waals surface area contributed by atoms with Crippen molar-refractivity contribution < 1.29 is 14.3 Å². The smallest absolute Gasteiger partial charge is 0.305 e. The van der Waals surface area contributed by atoms with Gasteiger partial charge < -0.3 is 9.47 Å². The highest BCUT2D eigenvalue weighted by molar-refractivity contribution is 5.69. The molecule has 0 rings (SSSR count). The molecule has 0 aliphatic carbocycles. The molecule has 0 spiro atoms. The molecule has 0 radical (unpaired) electrons. The SMILES string of the molecule is CCCCCCCC/C=C\CCCCCCCCOCCOC(=O)CCCCCCCCCCCCCCCCCCC. The third-order valence-electron chi connectivity index (χ3n) is 8.78. The Hall–Kier alpha value is -0.830. The first-order chi connectivity index (χ1) is 21.3. The van der Waals surface area contributed by atoms with Crippen molar-refractivity contribution in [3.8, 4) is 0 Å². The van der Waals surface area contributed by atoms with Gasteiger partial charge in [-0.05, 0) is 38.5 Å². The lowest BCUT2D eigenvalue weighted by Crippen LogP contribution is -2.10. The van der Waals surface area contributed by atoms with Gasteiger partial charge in [-0.25, -0.2) is 0 Å². The molecule has 0 aromatic rings. The summed E-state index contributed by atoms with van der Waals surface area (Å²) in [7, 11) is 0. The molecule has 0 unspecified atom stereocenters. The van der Waals surface area contributed by atoms with Gasteiger partial charge in [0.05, 0.1) is 6.61 Å². The maximum atomic E-state index is 11.9. The number of allylic oxidation sites excluding steroid dienone is 2. The van der Waals surface area contributed by atoms with Crippen LogP contribution in [0.1, 0.15) is 219 Å². The van der Waals surface area contributed by atoms with E-state index in [-0.39, 0.29) is 5.97 Å². The van der Waals surface area contributed by atoms with Crippen LogP contribution < -0.4 is 0 Å². The maximum absolute atomic E-state index is 11.9. The summed E-state index contributed by atoms with van der Waals surface area (Å²) in [6.07, 6.45) is 47.0. The first-order valence-corrected chi connectivity index (χ1v) is 19.7. The van der Waals surface area contributed by atoms with Gasteiger partial charge in [0.15, 0.2) is 0 Å². The summed E-state index contributed by atoms with van der Waals surface area (Å²) >= 11 is 0. The third kappa shape index (κ3) is 39.1. The fourth-order valence-corrected chi connectivity index (χ4v) is 5.83. The second kappa shape index (κ2) is 39.2. The van der Waals surface area contributed by atoms with Crippen molar-refractivity contribution in [2.75, 3.05) is 19.8 Å². The van der Waals surface area contributed by atoms with E-state index in [0.29, 0.717) is 19.6 Å². The monoisotopic (exact) mass is 607 g/mol. The number of unbranched alkanes of at least 4 members (excludes halogenated alkanes) is 28. The number of hydrogen-bond acceptors (Lipinski definition) is 3. The van der Waals surface area contributed by atoms with Crippen LogP contribution in [0.25, 0.3) is 0 Å². The van der Waals surface area contributed by atoms with Gasteiger partial charge in [0, 0.05) is 13.0 Å². The van der Waals surface area contributed by atoms with Crippen molar-refractivity contribution in [3.05, 3.63) is 12.2 Å². The number of carbonyl (C=O) groups is 1. The van der Waals surface area contributed by atoms with Gasteiger partial charge in [-0.15, -0.1) is 0 Å². The van der Waals surface area contributed by atoms with E-state index in [1.165, 1.54) is 180 Å². The molecule has 0 N–H and O–H groups in total. The molecule has 0 aromatic heterocycles. The van der Waals surface area contributed by atoms with Crippen LogP contribution in [-0.2, 0) is 14.3 Å². The number of ether oxygens (including phenoxy) is 2. The molecule has 256 valence electrons. The van der Waals surface area contributed by atoms with Gasteiger partial charge in [-0.2, -0.15) is 0 Å². The second-order valence-corrected chi connectivity index (χ2v) is 13.2. The Morgan fingerprint density at radius 2 is 0.744 bits per heavy atom. The van der Waals surface area contributed by atoms with E-state index < -0.39 is 0 Å². The second-order valence-electron chi connectivity index (χ2n) is 13.2. The Labute approximate surface area is 271 Å². The summed E-state index contributed by atoms with van der Waals surface area (Å²) in [5, 5.41) is 0. The van der Waals surface area contributed by atoms with Crippen LogP contribution in [0.5, 0.6) is 0 Å². The zero-order valence-corrected chi connectivity index (χ0v) is 29.6. The summed E-state index contributed by atoms with van der Waals surface area (Å²) in [6, 6.07) is 0. The predicted octanol–water partition coefficient (Wildman–Crippen LogP) is 13.6. The van der Waals surface area contributed by atoms with Crippen LogP contribution >= 0.6 is 0 Å². The fraction of sp³-hybridized carbons (Fsp3) is 0.925. The highest BCUT2D eigenvalue weighted by Gasteiger charge is 2.03. The minimum Gasteiger partial charge on any atom is -0.463 e. The first kappa shape index (κ1) is 42.2. The summed E-state index contributed by atoms with van der Waals surface area (Å²) in [4.78, 5) is 11.9. The quantitative estimate of drug-likeness (QED) is 0.0401. The Kier molecular flexibility index (Phi) is 38.4. The van der Waals surface area contributed by atoms with Crippen molar-refractivity contribution in [1.82, 2.24) is 0 Å². The molecule has 0 bridgehead atoms. The summed E-state index contributed by atoms with van der Waals surface area (Å²) in [6.45, 7) is 6.30. The van der Waals surface area contributed by atoms with E-state index in [2.05, 4.69) is 26.0 Å². The van der Waals surface area contributed by atoms with Gasteiger partial charge in [0.1, 0.15) is 6.61 Å². The third-order valence-corrected chi connectivity index (χ3v) is 8.78. The Morgan fingerprint density at radius 3 is 1.16 bits per heavy atom. The van der Waals surface area contributed by atoms with Crippen LogP contribution in [0.4, 0.5) is 0 Å². The molecule has 0 saturated heterocycles. The van der Waals surface area contributed by atoms with Crippen molar-refractivity contribution in [3.63, 3.8) is 0 Å². The summed E-state index contributed by atoms with van der Waals surface area (Å²) in [5.41, 5.74) is 0. The molecule has 3 nitrogen and oxygen atoms in total. The molecule has 0 atom stereocenters. The van der Waals surface area contributed by atoms with Crippen molar-refractivity contribution in [2.24, 2.45) is 0 Å². The van der Waals surface area contributed by atoms with Crippen molar-refractivity contribution in [2.45, 2.75) is 219 Å². The van der Waals surface area contributed by atoms with Gasteiger partial charge in [0.25, 0.3) is 0 Å². The minimum absolute atomic E-state index is 0.0539. The van der Waals surface area contributed by atoms with E-state index in [1.807, 2.05) is 0 Å². The Balaban J connectivity index is 3.17. The number of rotatable bonds is 37. The fourth-order valence-electron chi connectivity index (χ4n) is 5.83. The lowest BCUT2D eigenvalue weighted by molar-refractivity contribution is -0.145. The molecule has 0 fully saturated rings. The van der Waals surface area contributed by atoms with Crippen molar-refractivity contribution >= 4 is 5.97 Å². The van der Waals surface area contributed by atoms with E-state index in [9.17, 15) is 4.79 Å². The summed E-state index contributed by atoms with van der Waals surface area (Å²) < 4.78 is 11.0. The molecular formula is C40H78O3. The number of carbonyl (C=O) groups excluding carboxylic acids is 1. The molecule has 43 heavy (non-hydrogen) atoms. The molecule has 0 amide bonds. The number of esters is 1. The minimum atomic E-state index is -0.0539. The lowest BCUT2D eigenvalue weighted by Gasteiger charge is -2.07. The molecule has 0 saturated carbocycles. The Bertz CT molecular complexity index is 544. The molecule has 0 aromatic carbocycles. The van der Waals surface area contributed by atoms with Crippen LogP contribution in [0.3, 0.4) is 0 Å². The molecule has 3 heteroatoms. The van der Waals surface area contributed by atoms with Crippen LogP contribution in [-0.4, -0.2) is 25.8 Å².